The van der Waals surface area contributed by atoms with Gasteiger partial charge in [-0.05, 0) is 55.6 Å². The summed E-state index contributed by atoms with van der Waals surface area (Å²) in [7, 11) is 0. The number of rotatable bonds is 7. The van der Waals surface area contributed by atoms with E-state index in [9.17, 15) is 9.50 Å². The molecule has 140 valence electrons. The van der Waals surface area contributed by atoms with Gasteiger partial charge < -0.3 is 10.0 Å². The number of hydrogen-bond donors (Lipinski definition) is 1. The van der Waals surface area contributed by atoms with Gasteiger partial charge in [-0.15, -0.1) is 0 Å². The number of benzene rings is 2. The molecular formula is C23H30FNO. The molecule has 2 aromatic carbocycles. The van der Waals surface area contributed by atoms with E-state index in [1.165, 1.54) is 31.4 Å². The van der Waals surface area contributed by atoms with Crippen LogP contribution in [-0.4, -0.2) is 29.6 Å². The lowest BCUT2D eigenvalue weighted by atomic mass is 9.74. The van der Waals surface area contributed by atoms with Crippen molar-refractivity contribution < 1.29 is 9.50 Å². The summed E-state index contributed by atoms with van der Waals surface area (Å²) in [4.78, 5) is 2.48. The zero-order valence-electron chi connectivity index (χ0n) is 15.7. The molecule has 3 rings (SSSR count). The molecule has 3 heteroatoms. The van der Waals surface area contributed by atoms with Crippen LogP contribution in [0.1, 0.15) is 56.1 Å². The van der Waals surface area contributed by atoms with Gasteiger partial charge in [-0.1, -0.05) is 62.2 Å². The Morgan fingerprint density at radius 2 is 1.65 bits per heavy atom. The molecule has 0 radical (unpaired) electrons. The van der Waals surface area contributed by atoms with Crippen LogP contribution >= 0.6 is 0 Å². The van der Waals surface area contributed by atoms with Gasteiger partial charge in [-0.2, -0.15) is 0 Å². The Hall–Kier alpha value is -1.71. The zero-order valence-corrected chi connectivity index (χ0v) is 15.7. The predicted octanol–water partition coefficient (Wildman–Crippen LogP) is 5.08. The van der Waals surface area contributed by atoms with E-state index < -0.39 is 5.60 Å². The maximum Gasteiger partial charge on any atom is 0.123 e. The molecule has 1 aliphatic rings. The minimum Gasteiger partial charge on any atom is -0.384 e. The van der Waals surface area contributed by atoms with Crippen LogP contribution in [-0.2, 0) is 5.60 Å². The van der Waals surface area contributed by atoms with Crippen LogP contribution in [0.5, 0.6) is 0 Å². The average molecular weight is 355 g/mol. The zero-order chi connectivity index (χ0) is 18.4. The second kappa shape index (κ2) is 8.79. The van der Waals surface area contributed by atoms with E-state index in [0.29, 0.717) is 6.42 Å². The molecular weight excluding hydrogens is 325 g/mol. The topological polar surface area (TPSA) is 23.5 Å². The first-order valence-electron chi connectivity index (χ1n) is 9.89. The van der Waals surface area contributed by atoms with Crippen molar-refractivity contribution in [2.75, 3.05) is 19.6 Å². The van der Waals surface area contributed by atoms with E-state index in [0.717, 1.165) is 37.2 Å². The molecule has 0 bridgehead atoms. The molecule has 2 nitrogen and oxygen atoms in total. The van der Waals surface area contributed by atoms with Crippen molar-refractivity contribution in [3.05, 3.63) is 71.5 Å². The standard InChI is InChI=1S/C23H30FNO/c1-2-15-23(26,20-11-13-21(24)14-12-20)22(19-9-5-3-6-10-19)18-25-16-7-4-8-17-25/h3,5-6,9-14,22,26H,2,4,7-8,15-18H2,1H3/t22-,23+/m1/s1. The van der Waals surface area contributed by atoms with Crippen molar-refractivity contribution in [2.45, 2.75) is 50.5 Å². The molecule has 0 aliphatic carbocycles. The highest BCUT2D eigenvalue weighted by molar-refractivity contribution is 5.32. The Morgan fingerprint density at radius 1 is 1.00 bits per heavy atom. The Balaban J connectivity index is 1.99. The molecule has 0 spiro atoms. The summed E-state index contributed by atoms with van der Waals surface area (Å²) in [5.41, 5.74) is 0.964. The van der Waals surface area contributed by atoms with Gasteiger partial charge in [0, 0.05) is 12.5 Å². The fraction of sp³-hybridized carbons (Fsp3) is 0.478. The van der Waals surface area contributed by atoms with Gasteiger partial charge in [0.25, 0.3) is 0 Å². The first kappa shape index (κ1) is 19.1. The van der Waals surface area contributed by atoms with Crippen LogP contribution in [0.25, 0.3) is 0 Å². The molecule has 1 fully saturated rings. The summed E-state index contributed by atoms with van der Waals surface area (Å²) in [5.74, 6) is -0.299. The van der Waals surface area contributed by atoms with Crippen molar-refractivity contribution in [2.24, 2.45) is 0 Å². The van der Waals surface area contributed by atoms with Crippen molar-refractivity contribution in [1.29, 1.82) is 0 Å². The lowest BCUT2D eigenvalue weighted by molar-refractivity contribution is -0.0153. The summed E-state index contributed by atoms with van der Waals surface area (Å²) in [5, 5.41) is 11.9. The monoisotopic (exact) mass is 355 g/mol. The summed E-state index contributed by atoms with van der Waals surface area (Å²) >= 11 is 0. The van der Waals surface area contributed by atoms with Crippen LogP contribution < -0.4 is 0 Å². The van der Waals surface area contributed by atoms with E-state index in [1.54, 1.807) is 12.1 Å². The van der Waals surface area contributed by atoms with Crippen LogP contribution in [0.2, 0.25) is 0 Å². The van der Waals surface area contributed by atoms with Gasteiger partial charge in [-0.3, -0.25) is 0 Å². The maximum absolute atomic E-state index is 13.5. The Kier molecular flexibility index (Phi) is 6.44. The van der Waals surface area contributed by atoms with Gasteiger partial charge in [0.05, 0.1) is 5.60 Å². The molecule has 2 atom stereocenters. The minimum atomic E-state index is -0.999. The number of hydrogen-bond acceptors (Lipinski definition) is 2. The maximum atomic E-state index is 13.5. The third-order valence-electron chi connectivity index (χ3n) is 5.64. The molecule has 0 aromatic heterocycles. The first-order valence-corrected chi connectivity index (χ1v) is 9.89. The van der Waals surface area contributed by atoms with Gasteiger partial charge in [0.15, 0.2) is 0 Å². The highest BCUT2D eigenvalue weighted by Crippen LogP contribution is 2.41. The van der Waals surface area contributed by atoms with Crippen LogP contribution in [0, 0.1) is 5.82 Å². The largest absolute Gasteiger partial charge is 0.384 e. The van der Waals surface area contributed by atoms with Crippen molar-refractivity contribution >= 4 is 0 Å². The number of halogens is 1. The first-order chi connectivity index (χ1) is 12.6. The van der Waals surface area contributed by atoms with Gasteiger partial charge in [0.1, 0.15) is 5.82 Å². The predicted molar refractivity (Wildman–Crippen MR) is 105 cm³/mol. The third kappa shape index (κ3) is 4.33. The highest BCUT2D eigenvalue weighted by Gasteiger charge is 2.39. The van der Waals surface area contributed by atoms with Crippen LogP contribution in [0.3, 0.4) is 0 Å². The molecule has 0 unspecified atom stereocenters. The molecule has 1 saturated heterocycles. The average Bonchev–Trinajstić information content (AvgIpc) is 2.68. The number of piperidine rings is 1. The highest BCUT2D eigenvalue weighted by atomic mass is 19.1. The molecule has 2 aromatic rings. The number of likely N-dealkylation sites (tertiary alicyclic amines) is 1. The quantitative estimate of drug-likeness (QED) is 0.748. The Morgan fingerprint density at radius 3 is 2.27 bits per heavy atom. The third-order valence-corrected chi connectivity index (χ3v) is 5.64. The number of aliphatic hydroxyl groups is 1. The van der Waals surface area contributed by atoms with Crippen molar-refractivity contribution in [3.8, 4) is 0 Å². The summed E-state index contributed by atoms with van der Waals surface area (Å²) in [6.45, 7) is 5.11. The van der Waals surface area contributed by atoms with Gasteiger partial charge in [0.2, 0.25) is 0 Å². The van der Waals surface area contributed by atoms with Gasteiger partial charge >= 0.3 is 0 Å². The van der Waals surface area contributed by atoms with Gasteiger partial charge in [-0.25, -0.2) is 4.39 Å². The van der Waals surface area contributed by atoms with Crippen molar-refractivity contribution in [3.63, 3.8) is 0 Å². The number of nitrogens with zero attached hydrogens (tertiary/aromatic N) is 1. The molecule has 1 N–H and O–H groups in total. The lowest BCUT2D eigenvalue weighted by Gasteiger charge is -2.41. The van der Waals surface area contributed by atoms with E-state index in [-0.39, 0.29) is 11.7 Å². The summed E-state index contributed by atoms with van der Waals surface area (Å²) in [6.07, 6.45) is 5.28. The fourth-order valence-electron chi connectivity index (χ4n) is 4.26. The van der Waals surface area contributed by atoms with E-state index in [1.807, 2.05) is 18.2 Å². The SMILES string of the molecule is CCC[C@](O)(c1ccc(F)cc1)[C@H](CN1CCCCC1)c1ccccc1. The summed E-state index contributed by atoms with van der Waals surface area (Å²) < 4.78 is 13.5. The van der Waals surface area contributed by atoms with E-state index >= 15 is 0 Å². The molecule has 0 amide bonds. The summed E-state index contributed by atoms with van der Waals surface area (Å²) in [6, 6.07) is 16.7. The Bertz CT molecular complexity index is 666. The molecule has 1 aliphatic heterocycles. The van der Waals surface area contributed by atoms with Crippen LogP contribution in [0.4, 0.5) is 4.39 Å². The fourth-order valence-corrected chi connectivity index (χ4v) is 4.26. The van der Waals surface area contributed by atoms with Crippen LogP contribution in [0.15, 0.2) is 54.6 Å². The van der Waals surface area contributed by atoms with Crippen molar-refractivity contribution in [1.82, 2.24) is 4.90 Å². The smallest absolute Gasteiger partial charge is 0.123 e. The van der Waals surface area contributed by atoms with E-state index in [2.05, 4.69) is 24.0 Å². The lowest BCUT2D eigenvalue weighted by Crippen LogP contribution is -2.42. The minimum absolute atomic E-state index is 0.0350. The van der Waals surface area contributed by atoms with E-state index in [4.69, 9.17) is 0 Å². The molecule has 0 saturated carbocycles. The Labute approximate surface area is 156 Å². The second-order valence-electron chi connectivity index (χ2n) is 7.51. The normalized spacial score (nSPS) is 19.0. The second-order valence-corrected chi connectivity index (χ2v) is 7.51. The molecule has 1 heterocycles. The molecule has 26 heavy (non-hydrogen) atoms.